The molecule has 10 aromatic rings. The van der Waals surface area contributed by atoms with Gasteiger partial charge in [0.25, 0.3) is 0 Å². The highest BCUT2D eigenvalue weighted by atomic mass is 32.1. The lowest BCUT2D eigenvalue weighted by atomic mass is 9.96. The molecule has 0 unspecified atom stereocenters. The molecule has 4 nitrogen and oxygen atoms in total. The Kier molecular flexibility index (Phi) is 27.8. The normalized spacial score (nSPS) is 9.32. The van der Waals surface area contributed by atoms with Crippen molar-refractivity contribution in [2.45, 2.75) is 55.0 Å². The molecule has 0 radical (unpaired) electrons. The van der Waals surface area contributed by atoms with Gasteiger partial charge in [0.15, 0.2) is 0 Å². The molecule has 0 aliphatic carbocycles. The van der Waals surface area contributed by atoms with E-state index in [1.165, 1.54) is 93.6 Å². The third-order valence-corrected chi connectivity index (χ3v) is 11.6. The first-order chi connectivity index (χ1) is 33.3. The molecular weight excluding hydrogens is 845 g/mol. The molecule has 10 rings (SSSR count). The molecule has 0 saturated heterocycles. The van der Waals surface area contributed by atoms with Crippen molar-refractivity contribution in [3.8, 4) is 22.3 Å². The van der Waals surface area contributed by atoms with E-state index in [1.54, 1.807) is 0 Å². The van der Waals surface area contributed by atoms with Gasteiger partial charge in [-0.2, -0.15) is 0 Å². The summed E-state index contributed by atoms with van der Waals surface area (Å²) in [6.45, 7) is 20.4. The van der Waals surface area contributed by atoms with Crippen molar-refractivity contribution in [1.29, 1.82) is 10.8 Å². The van der Waals surface area contributed by atoms with Crippen LogP contribution in [0.25, 0.3) is 53.2 Å². The average molecular weight is 917 g/mol. The van der Waals surface area contributed by atoms with Crippen molar-refractivity contribution in [2.24, 2.45) is 11.5 Å². The van der Waals surface area contributed by atoms with Gasteiger partial charge in [0.2, 0.25) is 0 Å². The van der Waals surface area contributed by atoms with E-state index < -0.39 is 0 Å². The van der Waals surface area contributed by atoms with Gasteiger partial charge in [0.1, 0.15) is 0 Å². The second kappa shape index (κ2) is 33.2. The molecule has 0 fully saturated rings. The molecule has 350 valence electrons. The second-order valence-electron chi connectivity index (χ2n) is 14.9. The van der Waals surface area contributed by atoms with Crippen LogP contribution in [0.15, 0.2) is 218 Å². The Labute approximate surface area is 412 Å². The second-order valence-corrected chi connectivity index (χ2v) is 16.0. The van der Waals surface area contributed by atoms with Crippen LogP contribution in [-0.2, 0) is 6.54 Å². The van der Waals surface area contributed by atoms with Gasteiger partial charge in [0.05, 0.1) is 0 Å². The zero-order chi connectivity index (χ0) is 50.1. The molecule has 0 bridgehead atoms. The quantitative estimate of drug-likeness (QED) is 0.133. The fourth-order valence-electron chi connectivity index (χ4n) is 7.08. The molecule has 0 aliphatic rings. The predicted octanol–water partition coefficient (Wildman–Crippen LogP) is 17.4. The third kappa shape index (κ3) is 17.8. The highest BCUT2D eigenvalue weighted by Gasteiger charge is 2.11. The summed E-state index contributed by atoms with van der Waals surface area (Å²) < 4.78 is 2.75. The lowest BCUT2D eigenvalue weighted by Crippen LogP contribution is -1.94. The number of hydrogen-bond acceptors (Lipinski definition) is 5. The number of benzene rings is 9. The molecule has 0 spiro atoms. The van der Waals surface area contributed by atoms with Crippen molar-refractivity contribution in [3.05, 3.63) is 252 Å². The Morgan fingerprint density at radius 1 is 0.397 bits per heavy atom. The molecule has 1 aromatic heterocycles. The van der Waals surface area contributed by atoms with Gasteiger partial charge in [-0.15, -0.1) is 11.3 Å². The summed E-state index contributed by atoms with van der Waals surface area (Å²) in [4.78, 5) is 0. The number of thiophene rings is 1. The van der Waals surface area contributed by atoms with E-state index in [-0.39, 0.29) is 0 Å². The highest BCUT2D eigenvalue weighted by molar-refractivity contribution is 7.25. The molecule has 68 heavy (non-hydrogen) atoms. The maximum absolute atomic E-state index is 5.50. The summed E-state index contributed by atoms with van der Waals surface area (Å²) in [5.74, 6) is 0. The largest absolute Gasteiger partial charge is 0.333 e. The van der Waals surface area contributed by atoms with Crippen LogP contribution in [0.2, 0.25) is 0 Å². The van der Waals surface area contributed by atoms with Gasteiger partial charge in [-0.1, -0.05) is 231 Å². The van der Waals surface area contributed by atoms with Gasteiger partial charge >= 0.3 is 0 Å². The number of fused-ring (bicyclic) bond motifs is 4. The lowest BCUT2D eigenvalue weighted by molar-refractivity contribution is 1.07. The Hall–Kier alpha value is -7.28. The van der Waals surface area contributed by atoms with E-state index >= 15 is 0 Å². The van der Waals surface area contributed by atoms with Crippen molar-refractivity contribution in [1.82, 2.24) is 0 Å². The standard InChI is InChI=1S/C20H16S.C13H12.C11H10.C7H9N.C7H8.C2H6.CH5N.2CH3N/c1-13-7-9-15(10-8-13)16-11-12-19-20(14(16)2)17-5-3-4-6-18(17)21-19;1-11-7-5-6-10-13(11)12-8-3-2-4-9-12;1-9-5-4-7-10-6-2-3-8-11(9)10;8-6-7-4-2-1-3-5-7;1-7-5-3-2-4-6-7;4*1-2/h3-12H,1-2H3;2-10H,1H3;2-8H,1H3;1-5H,6,8H2;2-6H,1H3;1-2H3;2H2,1H3;2*2H,1H2. The molecule has 5 heteroatoms. The van der Waals surface area contributed by atoms with E-state index in [1.807, 2.05) is 79.8 Å². The first-order valence-electron chi connectivity index (χ1n) is 22.9. The first-order valence-corrected chi connectivity index (χ1v) is 23.7. The van der Waals surface area contributed by atoms with Crippen molar-refractivity contribution >= 4 is 55.7 Å². The molecule has 0 saturated carbocycles. The highest BCUT2D eigenvalue weighted by Crippen LogP contribution is 2.39. The van der Waals surface area contributed by atoms with Crippen molar-refractivity contribution < 1.29 is 0 Å². The minimum atomic E-state index is 0.640. The summed E-state index contributed by atoms with van der Waals surface area (Å²) in [6.07, 6.45) is 0. The van der Waals surface area contributed by atoms with Crippen LogP contribution in [0.1, 0.15) is 47.2 Å². The fraction of sp³-hybridized carbons (Fsp3) is 0.143. The third-order valence-electron chi connectivity index (χ3n) is 10.4. The Bertz CT molecular complexity index is 2870. The van der Waals surface area contributed by atoms with Crippen LogP contribution in [0, 0.1) is 45.4 Å². The SMILES string of the molecule is C=N.C=N.CC.CN.Cc1ccc(-c2ccc3sc4ccccc4c3c2C)cc1.Cc1cccc2ccccc12.Cc1ccccc1.Cc1ccccc1-c1ccccc1.NCc1ccccc1. The first kappa shape index (κ1) is 56.8. The molecule has 9 aromatic carbocycles. The molecule has 6 N–H and O–H groups in total. The molecule has 0 amide bonds. The zero-order valence-corrected chi connectivity index (χ0v) is 42.3. The maximum atomic E-state index is 5.50. The van der Waals surface area contributed by atoms with E-state index in [0.717, 1.165) is 0 Å². The lowest BCUT2D eigenvalue weighted by Gasteiger charge is -2.08. The smallest absolute Gasteiger partial charge is 0.0358 e. The summed E-state index contributed by atoms with van der Waals surface area (Å²) in [7, 11) is 1.50. The van der Waals surface area contributed by atoms with E-state index in [9.17, 15) is 0 Å². The van der Waals surface area contributed by atoms with E-state index in [2.05, 4.69) is 218 Å². The molecular formula is C63H72N4S. The van der Waals surface area contributed by atoms with Crippen molar-refractivity contribution in [3.63, 3.8) is 0 Å². The topological polar surface area (TPSA) is 99.7 Å². The number of nitrogens with one attached hydrogen (secondary N) is 2. The minimum absolute atomic E-state index is 0.640. The van der Waals surface area contributed by atoms with E-state index in [0.29, 0.717) is 6.54 Å². The predicted molar refractivity (Wildman–Crippen MR) is 306 cm³/mol. The molecule has 0 aliphatic heterocycles. The summed E-state index contributed by atoms with van der Waals surface area (Å²) in [5.41, 5.74) is 23.0. The number of rotatable bonds is 3. The van der Waals surface area contributed by atoms with Crippen LogP contribution in [0.4, 0.5) is 0 Å². The number of hydrogen-bond donors (Lipinski definition) is 4. The number of nitrogens with two attached hydrogens (primary N) is 2. The monoisotopic (exact) mass is 917 g/mol. The maximum Gasteiger partial charge on any atom is 0.0358 e. The Balaban J connectivity index is 0.000000295. The van der Waals surface area contributed by atoms with Crippen LogP contribution in [0.5, 0.6) is 0 Å². The van der Waals surface area contributed by atoms with Gasteiger partial charge in [-0.25, -0.2) is 0 Å². The number of aryl methyl sites for hydroxylation is 5. The van der Waals surface area contributed by atoms with E-state index in [4.69, 9.17) is 16.6 Å². The van der Waals surface area contributed by atoms with Gasteiger partial charge < -0.3 is 22.3 Å². The summed E-state index contributed by atoms with van der Waals surface area (Å²) in [5, 5.41) is 16.5. The van der Waals surface area contributed by atoms with Crippen LogP contribution in [-0.4, -0.2) is 20.5 Å². The molecule has 1 heterocycles. The Morgan fingerprint density at radius 2 is 0.853 bits per heavy atom. The summed E-state index contributed by atoms with van der Waals surface area (Å²) >= 11 is 1.88. The van der Waals surface area contributed by atoms with Crippen LogP contribution in [0.3, 0.4) is 0 Å². The minimum Gasteiger partial charge on any atom is -0.333 e. The summed E-state index contributed by atoms with van der Waals surface area (Å²) in [6, 6.07) is 76.0. The van der Waals surface area contributed by atoms with Crippen LogP contribution < -0.4 is 11.5 Å². The van der Waals surface area contributed by atoms with Crippen molar-refractivity contribution in [2.75, 3.05) is 7.05 Å². The molecule has 0 atom stereocenters. The Morgan fingerprint density at radius 3 is 1.40 bits per heavy atom. The van der Waals surface area contributed by atoms with Crippen LogP contribution >= 0.6 is 11.3 Å². The van der Waals surface area contributed by atoms with Gasteiger partial charge in [-0.3, -0.25) is 0 Å². The zero-order valence-electron chi connectivity index (χ0n) is 41.5. The van der Waals surface area contributed by atoms with Gasteiger partial charge in [0, 0.05) is 26.7 Å². The fourth-order valence-corrected chi connectivity index (χ4v) is 8.25. The van der Waals surface area contributed by atoms with Gasteiger partial charge in [-0.05, 0) is 123 Å². The average Bonchev–Trinajstić information content (AvgIpc) is 3.81.